The SMILES string of the molecule is C[C@]12CCC(=O)C=C1CC[C@H]1[C@@H]3CCC(=O)[C@@]3(C)CC[C@]12O. The molecule has 0 aromatic heterocycles. The molecule has 0 spiro atoms. The molecule has 5 atom stereocenters. The van der Waals surface area contributed by atoms with Crippen LogP contribution in [0.3, 0.4) is 0 Å². The van der Waals surface area contributed by atoms with Gasteiger partial charge in [0.25, 0.3) is 0 Å². The highest BCUT2D eigenvalue weighted by Gasteiger charge is 2.65. The molecular formula is C19H26O3. The third-order valence-corrected chi connectivity index (χ3v) is 7.86. The molecule has 0 aliphatic heterocycles. The zero-order chi connectivity index (χ0) is 15.8. The average molecular weight is 302 g/mol. The Hall–Kier alpha value is -0.960. The van der Waals surface area contributed by atoms with Gasteiger partial charge < -0.3 is 5.11 Å². The summed E-state index contributed by atoms with van der Waals surface area (Å²) >= 11 is 0. The lowest BCUT2D eigenvalue weighted by molar-refractivity contribution is -0.188. The lowest BCUT2D eigenvalue weighted by atomic mass is 9.45. The number of Topliss-reactive ketones (excluding diaryl/α,β-unsaturated/α-hetero) is 1. The molecule has 0 saturated heterocycles. The van der Waals surface area contributed by atoms with Gasteiger partial charge in [0.05, 0.1) is 5.60 Å². The van der Waals surface area contributed by atoms with Crippen LogP contribution in [0.1, 0.15) is 65.2 Å². The third kappa shape index (κ3) is 1.56. The van der Waals surface area contributed by atoms with Gasteiger partial charge in [-0.25, -0.2) is 0 Å². The van der Waals surface area contributed by atoms with Gasteiger partial charge in [0.1, 0.15) is 5.78 Å². The van der Waals surface area contributed by atoms with Crippen LogP contribution in [0.25, 0.3) is 0 Å². The minimum Gasteiger partial charge on any atom is -0.389 e. The smallest absolute Gasteiger partial charge is 0.155 e. The first kappa shape index (κ1) is 14.6. The molecule has 0 heterocycles. The number of hydrogen-bond donors (Lipinski definition) is 1. The Kier molecular flexibility index (Phi) is 2.87. The van der Waals surface area contributed by atoms with Crippen LogP contribution in [0, 0.1) is 22.7 Å². The first-order chi connectivity index (χ1) is 10.3. The first-order valence-corrected chi connectivity index (χ1v) is 8.81. The van der Waals surface area contributed by atoms with E-state index in [4.69, 9.17) is 0 Å². The van der Waals surface area contributed by atoms with E-state index >= 15 is 0 Å². The molecule has 1 N–H and O–H groups in total. The predicted octanol–water partition coefficient (Wildman–Crippen LogP) is 3.20. The Morgan fingerprint density at radius 1 is 1.00 bits per heavy atom. The van der Waals surface area contributed by atoms with Gasteiger partial charge in [-0.1, -0.05) is 19.4 Å². The fourth-order valence-electron chi connectivity index (χ4n) is 6.27. The molecule has 3 heteroatoms. The van der Waals surface area contributed by atoms with E-state index < -0.39 is 5.60 Å². The van der Waals surface area contributed by atoms with E-state index in [2.05, 4.69) is 13.8 Å². The molecular weight excluding hydrogens is 276 g/mol. The lowest BCUT2D eigenvalue weighted by Gasteiger charge is -2.61. The Morgan fingerprint density at radius 2 is 1.73 bits per heavy atom. The Labute approximate surface area is 132 Å². The van der Waals surface area contributed by atoms with Gasteiger partial charge in [-0.2, -0.15) is 0 Å². The summed E-state index contributed by atoms with van der Waals surface area (Å²) in [5, 5.41) is 11.7. The van der Waals surface area contributed by atoms with Crippen molar-refractivity contribution in [3.05, 3.63) is 11.6 Å². The molecule has 4 aliphatic rings. The summed E-state index contributed by atoms with van der Waals surface area (Å²) < 4.78 is 0. The van der Waals surface area contributed by atoms with E-state index in [1.807, 2.05) is 6.08 Å². The first-order valence-electron chi connectivity index (χ1n) is 8.81. The summed E-state index contributed by atoms with van der Waals surface area (Å²) in [5.74, 6) is 1.17. The van der Waals surface area contributed by atoms with Crippen molar-refractivity contribution in [2.75, 3.05) is 0 Å². The molecule has 0 bridgehead atoms. The highest BCUT2D eigenvalue weighted by atomic mass is 16.3. The monoisotopic (exact) mass is 302 g/mol. The van der Waals surface area contributed by atoms with Crippen LogP contribution in [0.5, 0.6) is 0 Å². The van der Waals surface area contributed by atoms with Crippen LogP contribution in [0.2, 0.25) is 0 Å². The standard InChI is InChI=1S/C19H26O3/c1-17-9-10-19(22)15(14(17)5-6-16(17)21)4-3-12-11-13(20)7-8-18(12,19)2/h11,14-15,22H,3-10H2,1-2H3/t14-,15-,17-,18-,19-/m0/s1. The predicted molar refractivity (Wildman–Crippen MR) is 83.2 cm³/mol. The number of ketones is 2. The van der Waals surface area contributed by atoms with Gasteiger partial charge in [-0.15, -0.1) is 0 Å². The summed E-state index contributed by atoms with van der Waals surface area (Å²) in [4.78, 5) is 24.2. The summed E-state index contributed by atoms with van der Waals surface area (Å²) in [6.07, 6.45) is 8.11. The average Bonchev–Trinajstić information content (AvgIpc) is 2.77. The molecule has 0 amide bonds. The lowest BCUT2D eigenvalue weighted by Crippen LogP contribution is -2.63. The number of rotatable bonds is 0. The van der Waals surface area contributed by atoms with E-state index in [1.54, 1.807) is 0 Å². The maximum Gasteiger partial charge on any atom is 0.155 e. The van der Waals surface area contributed by atoms with Crippen molar-refractivity contribution >= 4 is 11.6 Å². The van der Waals surface area contributed by atoms with Crippen LogP contribution < -0.4 is 0 Å². The molecule has 3 fully saturated rings. The zero-order valence-corrected chi connectivity index (χ0v) is 13.7. The van der Waals surface area contributed by atoms with Gasteiger partial charge in [-0.3, -0.25) is 9.59 Å². The second-order valence-electron chi connectivity index (χ2n) is 8.52. The van der Waals surface area contributed by atoms with Crippen molar-refractivity contribution in [1.29, 1.82) is 0 Å². The van der Waals surface area contributed by atoms with E-state index in [0.717, 1.165) is 37.7 Å². The van der Waals surface area contributed by atoms with E-state index in [1.165, 1.54) is 0 Å². The molecule has 0 unspecified atom stereocenters. The van der Waals surface area contributed by atoms with Crippen LogP contribution in [0.15, 0.2) is 11.6 Å². The highest BCUT2D eigenvalue weighted by molar-refractivity contribution is 5.92. The summed E-state index contributed by atoms with van der Waals surface area (Å²) in [6.45, 7) is 4.29. The third-order valence-electron chi connectivity index (χ3n) is 7.86. The molecule has 22 heavy (non-hydrogen) atoms. The van der Waals surface area contributed by atoms with Gasteiger partial charge in [0.2, 0.25) is 0 Å². The van der Waals surface area contributed by atoms with Crippen LogP contribution in [-0.4, -0.2) is 22.3 Å². The largest absolute Gasteiger partial charge is 0.389 e. The molecule has 120 valence electrons. The minimum atomic E-state index is -0.730. The van der Waals surface area contributed by atoms with Gasteiger partial charge >= 0.3 is 0 Å². The fourth-order valence-corrected chi connectivity index (χ4v) is 6.27. The zero-order valence-electron chi connectivity index (χ0n) is 13.7. The van der Waals surface area contributed by atoms with E-state index in [9.17, 15) is 14.7 Å². The maximum absolute atomic E-state index is 12.4. The Bertz CT molecular complexity index is 591. The summed E-state index contributed by atoms with van der Waals surface area (Å²) in [7, 11) is 0. The second-order valence-corrected chi connectivity index (χ2v) is 8.52. The van der Waals surface area contributed by atoms with Crippen molar-refractivity contribution in [2.24, 2.45) is 22.7 Å². The van der Waals surface area contributed by atoms with Crippen molar-refractivity contribution in [2.45, 2.75) is 70.8 Å². The quantitative estimate of drug-likeness (QED) is 0.747. The normalized spacial score (nSPS) is 51.0. The van der Waals surface area contributed by atoms with Crippen molar-refractivity contribution in [3.8, 4) is 0 Å². The summed E-state index contributed by atoms with van der Waals surface area (Å²) in [5.41, 5.74) is -0.0436. The number of carbonyl (C=O) groups excluding carboxylic acids is 2. The molecule has 4 rings (SSSR count). The molecule has 3 nitrogen and oxygen atoms in total. The Balaban J connectivity index is 1.78. The fraction of sp³-hybridized carbons (Fsp3) is 0.789. The minimum absolute atomic E-state index is 0.209. The van der Waals surface area contributed by atoms with Crippen LogP contribution in [0.4, 0.5) is 0 Å². The summed E-state index contributed by atoms with van der Waals surface area (Å²) in [6, 6.07) is 0. The maximum atomic E-state index is 12.4. The van der Waals surface area contributed by atoms with E-state index in [0.29, 0.717) is 31.0 Å². The van der Waals surface area contributed by atoms with Crippen molar-refractivity contribution in [1.82, 2.24) is 0 Å². The van der Waals surface area contributed by atoms with Crippen LogP contribution >= 0.6 is 0 Å². The van der Waals surface area contributed by atoms with Crippen LogP contribution in [-0.2, 0) is 9.59 Å². The van der Waals surface area contributed by atoms with Gasteiger partial charge in [0, 0.05) is 23.7 Å². The second kappa shape index (κ2) is 4.31. The molecule has 0 aromatic carbocycles. The van der Waals surface area contributed by atoms with Crippen molar-refractivity contribution in [3.63, 3.8) is 0 Å². The van der Waals surface area contributed by atoms with Gasteiger partial charge in [-0.05, 0) is 56.4 Å². The van der Waals surface area contributed by atoms with Gasteiger partial charge in [0.15, 0.2) is 5.78 Å². The number of aliphatic hydroxyl groups is 1. The molecule has 4 aliphatic carbocycles. The number of hydrogen-bond acceptors (Lipinski definition) is 3. The molecule has 3 saturated carbocycles. The highest BCUT2D eigenvalue weighted by Crippen LogP contribution is 2.66. The van der Waals surface area contributed by atoms with Crippen molar-refractivity contribution < 1.29 is 14.7 Å². The number of fused-ring (bicyclic) bond motifs is 5. The van der Waals surface area contributed by atoms with E-state index in [-0.39, 0.29) is 22.5 Å². The Morgan fingerprint density at radius 3 is 2.50 bits per heavy atom. The topological polar surface area (TPSA) is 54.4 Å². The number of carbonyl (C=O) groups is 2. The molecule has 0 aromatic rings. The molecule has 0 radical (unpaired) electrons.